The lowest BCUT2D eigenvalue weighted by atomic mass is 10.3. The van der Waals surface area contributed by atoms with Crippen LogP contribution in [0.4, 0.5) is 19.6 Å². The third kappa shape index (κ3) is 4.59. The molecule has 0 unspecified atom stereocenters. The van der Waals surface area contributed by atoms with Crippen molar-refractivity contribution in [3.05, 3.63) is 40.8 Å². The van der Waals surface area contributed by atoms with Crippen molar-refractivity contribution in [3.63, 3.8) is 0 Å². The highest BCUT2D eigenvalue weighted by Crippen LogP contribution is 2.35. The topological polar surface area (TPSA) is 65.5 Å². The minimum absolute atomic E-state index is 0.273. The molecule has 3 aromatic rings. The Labute approximate surface area is 181 Å². The van der Waals surface area contributed by atoms with E-state index < -0.39 is 23.2 Å². The Hall–Kier alpha value is -2.59. The van der Waals surface area contributed by atoms with Gasteiger partial charge >= 0.3 is 0 Å². The van der Waals surface area contributed by atoms with E-state index in [1.165, 1.54) is 33.6 Å². The number of benzene rings is 1. The summed E-state index contributed by atoms with van der Waals surface area (Å²) in [6.07, 6.45) is 0. The van der Waals surface area contributed by atoms with Crippen molar-refractivity contribution < 1.29 is 18.4 Å². The number of rotatable bonds is 8. The molecule has 0 aliphatic carbocycles. The van der Waals surface area contributed by atoms with Gasteiger partial charge in [-0.1, -0.05) is 17.4 Å². The average Bonchev–Trinajstić information content (AvgIpc) is 3.29. The highest BCUT2D eigenvalue weighted by Gasteiger charge is 2.22. The van der Waals surface area contributed by atoms with Crippen LogP contribution in [0.3, 0.4) is 0 Å². The molecular formula is C20H22F2N4O2S2. The molecule has 0 spiro atoms. The first-order valence-electron chi connectivity index (χ1n) is 9.56. The fourth-order valence-corrected chi connectivity index (χ4v) is 5.22. The molecule has 0 aliphatic heterocycles. The van der Waals surface area contributed by atoms with Crippen molar-refractivity contribution in [2.45, 2.75) is 20.8 Å². The fraction of sp³-hybridized carbons (Fsp3) is 0.350. The van der Waals surface area contributed by atoms with E-state index in [0.717, 1.165) is 39.9 Å². The molecule has 2 heterocycles. The van der Waals surface area contributed by atoms with E-state index >= 15 is 0 Å². The van der Waals surface area contributed by atoms with E-state index in [1.807, 2.05) is 0 Å². The minimum atomic E-state index is -0.869. The SMILES string of the molecule is CCN(CC(=O)Nc1c(F)cccc1F)C(=O)c1cc2sc(N(CC)CC)nc2s1. The Morgan fingerprint density at radius 1 is 1.07 bits per heavy atom. The number of thiophene rings is 1. The maximum atomic E-state index is 13.7. The number of hydrogen-bond acceptors (Lipinski definition) is 6. The normalized spacial score (nSPS) is 11.0. The zero-order valence-corrected chi connectivity index (χ0v) is 18.5. The van der Waals surface area contributed by atoms with E-state index in [9.17, 15) is 18.4 Å². The molecule has 3 rings (SSSR count). The number of carbonyl (C=O) groups excluding carboxylic acids is 2. The van der Waals surface area contributed by atoms with Crippen LogP contribution in [0.25, 0.3) is 9.53 Å². The molecule has 0 saturated heterocycles. The number of halogens is 2. The standard InChI is InChI=1S/C20H22F2N4O2S2/c1-4-25(5-2)20-24-18-14(30-20)10-15(29-18)19(28)26(6-3)11-16(27)23-17-12(21)8-7-9-13(17)22/h7-10H,4-6,11H2,1-3H3,(H,23,27). The van der Waals surface area contributed by atoms with Crippen molar-refractivity contribution in [1.29, 1.82) is 0 Å². The van der Waals surface area contributed by atoms with Gasteiger partial charge in [-0.15, -0.1) is 11.3 Å². The van der Waals surface area contributed by atoms with Crippen molar-refractivity contribution in [3.8, 4) is 0 Å². The van der Waals surface area contributed by atoms with Crippen molar-refractivity contribution in [2.24, 2.45) is 0 Å². The van der Waals surface area contributed by atoms with Crippen molar-refractivity contribution in [1.82, 2.24) is 9.88 Å². The molecule has 30 heavy (non-hydrogen) atoms. The van der Waals surface area contributed by atoms with Gasteiger partial charge in [0.1, 0.15) is 28.7 Å². The van der Waals surface area contributed by atoms with Crippen LogP contribution in [0.1, 0.15) is 30.4 Å². The minimum Gasteiger partial charge on any atom is -0.349 e. The van der Waals surface area contributed by atoms with Gasteiger partial charge in [-0.05, 0) is 39.0 Å². The van der Waals surface area contributed by atoms with Crippen LogP contribution in [-0.2, 0) is 4.79 Å². The van der Waals surface area contributed by atoms with Gasteiger partial charge in [-0.25, -0.2) is 13.8 Å². The first-order chi connectivity index (χ1) is 14.4. The number of nitrogens with one attached hydrogen (secondary N) is 1. The van der Waals surface area contributed by atoms with E-state index in [0.29, 0.717) is 4.88 Å². The molecule has 0 atom stereocenters. The predicted molar refractivity (Wildman–Crippen MR) is 118 cm³/mol. The fourth-order valence-electron chi connectivity index (χ4n) is 2.91. The highest BCUT2D eigenvalue weighted by atomic mass is 32.1. The Morgan fingerprint density at radius 3 is 2.30 bits per heavy atom. The smallest absolute Gasteiger partial charge is 0.264 e. The number of likely N-dealkylation sites (N-methyl/N-ethyl adjacent to an activating group) is 1. The van der Waals surface area contributed by atoms with Gasteiger partial charge in [0, 0.05) is 19.6 Å². The number of hydrogen-bond donors (Lipinski definition) is 1. The van der Waals surface area contributed by atoms with Gasteiger partial charge in [0.25, 0.3) is 5.91 Å². The van der Waals surface area contributed by atoms with E-state index in [-0.39, 0.29) is 19.0 Å². The second-order valence-electron chi connectivity index (χ2n) is 6.41. The zero-order valence-electron chi connectivity index (χ0n) is 16.9. The number of fused-ring (bicyclic) bond motifs is 1. The monoisotopic (exact) mass is 452 g/mol. The lowest BCUT2D eigenvalue weighted by Gasteiger charge is -2.19. The van der Waals surface area contributed by atoms with Crippen LogP contribution >= 0.6 is 22.7 Å². The summed E-state index contributed by atoms with van der Waals surface area (Å²) in [7, 11) is 0. The van der Waals surface area contributed by atoms with E-state index in [2.05, 4.69) is 29.0 Å². The molecule has 0 aliphatic rings. The summed E-state index contributed by atoms with van der Waals surface area (Å²) in [4.78, 5) is 34.5. The van der Waals surface area contributed by atoms with Gasteiger partial charge in [0.2, 0.25) is 5.91 Å². The van der Waals surface area contributed by atoms with Gasteiger partial charge < -0.3 is 15.1 Å². The van der Waals surface area contributed by atoms with Gasteiger partial charge in [-0.2, -0.15) is 0 Å². The van der Waals surface area contributed by atoms with Crippen LogP contribution in [0.5, 0.6) is 0 Å². The third-order valence-electron chi connectivity index (χ3n) is 4.55. The number of aromatic nitrogens is 1. The average molecular weight is 453 g/mol. The summed E-state index contributed by atoms with van der Waals surface area (Å²) in [5.41, 5.74) is -0.518. The molecule has 0 fully saturated rings. The number of thiazole rings is 1. The van der Waals surface area contributed by atoms with Crippen LogP contribution in [0, 0.1) is 11.6 Å². The second-order valence-corrected chi connectivity index (χ2v) is 8.45. The zero-order chi connectivity index (χ0) is 21.8. The number of anilines is 2. The van der Waals surface area contributed by atoms with Gasteiger partial charge in [-0.3, -0.25) is 9.59 Å². The summed E-state index contributed by atoms with van der Waals surface area (Å²) in [6, 6.07) is 5.10. The third-order valence-corrected chi connectivity index (χ3v) is 6.76. The Balaban J connectivity index is 1.72. The van der Waals surface area contributed by atoms with Crippen molar-refractivity contribution >= 4 is 54.8 Å². The lowest BCUT2D eigenvalue weighted by molar-refractivity contribution is -0.116. The summed E-state index contributed by atoms with van der Waals surface area (Å²) in [5, 5.41) is 3.12. The number of carbonyl (C=O) groups is 2. The first kappa shape index (κ1) is 22.1. The molecule has 1 N–H and O–H groups in total. The maximum Gasteiger partial charge on any atom is 0.264 e. The second kappa shape index (κ2) is 9.48. The number of amides is 2. The molecule has 160 valence electrons. The molecule has 0 bridgehead atoms. The van der Waals surface area contributed by atoms with Crippen LogP contribution in [0.15, 0.2) is 24.3 Å². The Kier molecular flexibility index (Phi) is 6.99. The molecular weight excluding hydrogens is 430 g/mol. The Morgan fingerprint density at radius 2 is 1.73 bits per heavy atom. The molecule has 0 radical (unpaired) electrons. The van der Waals surface area contributed by atoms with Crippen molar-refractivity contribution in [2.75, 3.05) is 36.4 Å². The number of nitrogens with zero attached hydrogens (tertiary/aromatic N) is 3. The maximum absolute atomic E-state index is 13.7. The van der Waals surface area contributed by atoms with E-state index in [4.69, 9.17) is 0 Å². The summed E-state index contributed by atoms with van der Waals surface area (Å²) < 4.78 is 28.4. The predicted octanol–water partition coefficient (Wildman–Crippen LogP) is 4.58. The van der Waals surface area contributed by atoms with Gasteiger partial charge in [0.05, 0.1) is 9.58 Å². The number of para-hydroxylation sites is 1. The van der Waals surface area contributed by atoms with Crippen LogP contribution in [-0.4, -0.2) is 47.9 Å². The summed E-state index contributed by atoms with van der Waals surface area (Å²) in [5.74, 6) is -2.73. The first-order valence-corrected chi connectivity index (χ1v) is 11.2. The van der Waals surface area contributed by atoms with Gasteiger partial charge in [0.15, 0.2) is 5.13 Å². The van der Waals surface area contributed by atoms with E-state index in [1.54, 1.807) is 13.0 Å². The quantitative estimate of drug-likeness (QED) is 0.543. The largest absolute Gasteiger partial charge is 0.349 e. The molecule has 1 aromatic carbocycles. The summed E-state index contributed by atoms with van der Waals surface area (Å²) >= 11 is 2.80. The van der Waals surface area contributed by atoms with Crippen LogP contribution in [0.2, 0.25) is 0 Å². The Bertz CT molecular complexity index is 1010. The lowest BCUT2D eigenvalue weighted by Crippen LogP contribution is -2.37. The summed E-state index contributed by atoms with van der Waals surface area (Å²) in [6.45, 7) is 7.52. The molecule has 2 aromatic heterocycles. The molecule has 0 saturated carbocycles. The molecule has 2 amide bonds. The van der Waals surface area contributed by atoms with Crippen LogP contribution < -0.4 is 10.2 Å². The molecule has 6 nitrogen and oxygen atoms in total. The highest BCUT2D eigenvalue weighted by molar-refractivity contribution is 7.29. The molecule has 10 heteroatoms.